The lowest BCUT2D eigenvalue weighted by Crippen LogP contribution is -2.34. The first-order valence-electron chi connectivity index (χ1n) is 21.1. The molecule has 1 aromatic heterocycles. The lowest BCUT2D eigenvalue weighted by Gasteiger charge is -2.39. The number of para-hydroxylation sites is 3. The van der Waals surface area contributed by atoms with E-state index >= 15 is 0 Å². The number of benzene rings is 9. The van der Waals surface area contributed by atoms with Crippen molar-refractivity contribution in [1.82, 2.24) is 9.55 Å². The highest BCUT2D eigenvalue weighted by Crippen LogP contribution is 2.62. The number of hydrogen-bond acceptors (Lipinski definition) is 3. The van der Waals surface area contributed by atoms with Gasteiger partial charge in [0.1, 0.15) is 12.0 Å². The van der Waals surface area contributed by atoms with Crippen LogP contribution >= 0.6 is 0 Å². The minimum absolute atomic E-state index is 0.273. The molecule has 13 rings (SSSR count). The van der Waals surface area contributed by atoms with Gasteiger partial charge < -0.3 is 4.90 Å². The van der Waals surface area contributed by atoms with Crippen molar-refractivity contribution in [2.45, 2.75) is 11.6 Å². The maximum absolute atomic E-state index is 5.77. The summed E-state index contributed by atoms with van der Waals surface area (Å²) >= 11 is 0. The molecule has 3 aliphatic rings. The highest BCUT2D eigenvalue weighted by Gasteiger charge is 2.52. The SMILES string of the molecule is CN1c2ccccc2C(c2ccc(-c3cccc4ccccc34)cc2)=NC1c1cccc2c1-c1ccccc1C21c2ccccc2-n2c(-c3ccccc3)nc3cccc1c32. The minimum atomic E-state index is -0.572. The second kappa shape index (κ2) is 12.8. The van der Waals surface area contributed by atoms with Crippen LogP contribution in [0.15, 0.2) is 211 Å². The summed E-state index contributed by atoms with van der Waals surface area (Å²) in [4.78, 5) is 13.5. The molecule has 0 saturated heterocycles. The largest absolute Gasteiger partial charge is 0.349 e. The molecular weight excluding hydrogens is 741 g/mol. The molecule has 0 N–H and O–H groups in total. The monoisotopic (exact) mass is 778 g/mol. The van der Waals surface area contributed by atoms with E-state index in [-0.39, 0.29) is 6.17 Å². The van der Waals surface area contributed by atoms with E-state index in [1.165, 1.54) is 66.5 Å². The Kier molecular flexibility index (Phi) is 7.17. The zero-order valence-electron chi connectivity index (χ0n) is 33.5. The third-order valence-corrected chi connectivity index (χ3v) is 13.5. The Balaban J connectivity index is 1.03. The molecule has 2 unspecified atom stereocenters. The molecule has 9 aromatic carbocycles. The molecule has 1 aliphatic carbocycles. The van der Waals surface area contributed by atoms with Crippen LogP contribution < -0.4 is 4.90 Å². The summed E-state index contributed by atoms with van der Waals surface area (Å²) in [6, 6.07) is 75.2. The highest BCUT2D eigenvalue weighted by atomic mass is 15.2. The van der Waals surface area contributed by atoms with E-state index in [0.29, 0.717) is 0 Å². The van der Waals surface area contributed by atoms with Crippen LogP contribution in [-0.2, 0) is 5.41 Å². The molecule has 0 fully saturated rings. The first-order chi connectivity index (χ1) is 30.2. The van der Waals surface area contributed by atoms with Crippen molar-refractivity contribution in [2.75, 3.05) is 11.9 Å². The fourth-order valence-electron chi connectivity index (χ4n) is 10.9. The number of nitrogens with zero attached hydrogens (tertiary/aromatic N) is 4. The minimum Gasteiger partial charge on any atom is -0.349 e. The molecule has 2 aliphatic heterocycles. The van der Waals surface area contributed by atoms with Crippen molar-refractivity contribution in [3.8, 4) is 39.3 Å². The summed E-state index contributed by atoms with van der Waals surface area (Å²) in [7, 11) is 2.20. The standard InChI is InChI=1S/C57H38N4/c1-60-50-30-11-8-22-43(50)53(38-34-32-37(33-35-38)41-23-13-19-36-16-5-6-20-40(36)41)59-56(60)44-24-14-27-47-52(44)42-21-7-9-25-45(42)57(47)46-26-10-12-31-51(46)61-54-48(57)28-15-29-49(54)58-55(61)39-17-3-2-4-18-39/h2-35,56H,1H3. The van der Waals surface area contributed by atoms with Crippen LogP contribution in [0.1, 0.15) is 45.1 Å². The Morgan fingerprint density at radius 2 is 1.08 bits per heavy atom. The Hall–Kier alpha value is -7.82. The Morgan fingerprint density at radius 1 is 0.459 bits per heavy atom. The number of rotatable bonds is 4. The van der Waals surface area contributed by atoms with Gasteiger partial charge in [-0.05, 0) is 73.5 Å². The van der Waals surface area contributed by atoms with Crippen molar-refractivity contribution in [3.05, 3.63) is 245 Å². The maximum atomic E-state index is 5.77. The molecular formula is C57H38N4. The van der Waals surface area contributed by atoms with Crippen LogP contribution in [0.3, 0.4) is 0 Å². The van der Waals surface area contributed by atoms with Gasteiger partial charge in [-0.1, -0.05) is 188 Å². The lowest BCUT2D eigenvalue weighted by atomic mass is 9.65. The second-order valence-electron chi connectivity index (χ2n) is 16.5. The van der Waals surface area contributed by atoms with Crippen LogP contribution in [0.2, 0.25) is 0 Å². The van der Waals surface area contributed by atoms with Gasteiger partial charge in [-0.3, -0.25) is 9.56 Å². The quantitative estimate of drug-likeness (QED) is 0.178. The number of hydrogen-bond donors (Lipinski definition) is 0. The van der Waals surface area contributed by atoms with Crippen LogP contribution in [0, 0.1) is 0 Å². The molecule has 0 radical (unpaired) electrons. The van der Waals surface area contributed by atoms with Crippen LogP contribution in [-0.4, -0.2) is 22.3 Å². The van der Waals surface area contributed by atoms with Gasteiger partial charge >= 0.3 is 0 Å². The number of fused-ring (bicyclic) bond motifs is 11. The predicted molar refractivity (Wildman–Crippen MR) is 250 cm³/mol. The van der Waals surface area contributed by atoms with E-state index in [2.05, 4.69) is 223 Å². The van der Waals surface area contributed by atoms with Crippen LogP contribution in [0.25, 0.3) is 61.1 Å². The lowest BCUT2D eigenvalue weighted by molar-refractivity contribution is 0.696. The van der Waals surface area contributed by atoms with Gasteiger partial charge in [0, 0.05) is 35.0 Å². The number of aliphatic imine (C=N–C) groups is 1. The molecule has 286 valence electrons. The average Bonchev–Trinajstić information content (AvgIpc) is 3.87. The van der Waals surface area contributed by atoms with E-state index in [0.717, 1.165) is 44.9 Å². The van der Waals surface area contributed by atoms with Gasteiger partial charge in [-0.2, -0.15) is 0 Å². The topological polar surface area (TPSA) is 33.4 Å². The van der Waals surface area contributed by atoms with Gasteiger partial charge in [0.2, 0.25) is 0 Å². The highest BCUT2D eigenvalue weighted by molar-refractivity contribution is 6.17. The van der Waals surface area contributed by atoms with Crippen molar-refractivity contribution in [2.24, 2.45) is 4.99 Å². The summed E-state index contributed by atoms with van der Waals surface area (Å²) in [5.74, 6) is 0.958. The van der Waals surface area contributed by atoms with Crippen molar-refractivity contribution in [3.63, 3.8) is 0 Å². The summed E-state index contributed by atoms with van der Waals surface area (Å²) in [5, 5.41) is 2.50. The number of imidazole rings is 1. The molecule has 3 heterocycles. The predicted octanol–water partition coefficient (Wildman–Crippen LogP) is 13.2. The van der Waals surface area contributed by atoms with Gasteiger partial charge in [0.25, 0.3) is 0 Å². The molecule has 1 spiro atoms. The van der Waals surface area contributed by atoms with Crippen molar-refractivity contribution < 1.29 is 0 Å². The normalized spacial score (nSPS) is 16.9. The van der Waals surface area contributed by atoms with Crippen molar-refractivity contribution in [1.29, 1.82) is 0 Å². The molecule has 2 atom stereocenters. The maximum Gasteiger partial charge on any atom is 0.148 e. The van der Waals surface area contributed by atoms with Crippen LogP contribution in [0.5, 0.6) is 0 Å². The molecule has 0 amide bonds. The van der Waals surface area contributed by atoms with E-state index in [9.17, 15) is 0 Å². The Bertz CT molecular complexity index is 3440. The molecule has 10 aromatic rings. The van der Waals surface area contributed by atoms with Gasteiger partial charge in [-0.15, -0.1) is 0 Å². The summed E-state index contributed by atoms with van der Waals surface area (Å²) in [6.45, 7) is 0. The van der Waals surface area contributed by atoms with E-state index in [1.54, 1.807) is 0 Å². The summed E-state index contributed by atoms with van der Waals surface area (Å²) in [5.41, 5.74) is 19.5. The number of aromatic nitrogens is 2. The van der Waals surface area contributed by atoms with Crippen molar-refractivity contribution >= 4 is 33.2 Å². The third kappa shape index (κ3) is 4.65. The third-order valence-electron chi connectivity index (χ3n) is 13.5. The zero-order valence-corrected chi connectivity index (χ0v) is 33.5. The molecule has 0 saturated carbocycles. The fourth-order valence-corrected chi connectivity index (χ4v) is 10.9. The smallest absolute Gasteiger partial charge is 0.148 e. The summed E-state index contributed by atoms with van der Waals surface area (Å²) in [6.07, 6.45) is -0.273. The van der Waals surface area contributed by atoms with E-state index < -0.39 is 5.41 Å². The second-order valence-corrected chi connectivity index (χ2v) is 16.5. The molecule has 4 nitrogen and oxygen atoms in total. The molecule has 4 heteroatoms. The average molecular weight is 779 g/mol. The van der Waals surface area contributed by atoms with Gasteiger partial charge in [-0.25, -0.2) is 4.98 Å². The van der Waals surface area contributed by atoms with Crippen LogP contribution in [0.4, 0.5) is 5.69 Å². The van der Waals surface area contributed by atoms with E-state index in [4.69, 9.17) is 9.98 Å². The Labute approximate surface area is 354 Å². The molecule has 61 heavy (non-hydrogen) atoms. The van der Waals surface area contributed by atoms with Gasteiger partial charge in [0.15, 0.2) is 0 Å². The summed E-state index contributed by atoms with van der Waals surface area (Å²) < 4.78 is 2.40. The Morgan fingerprint density at radius 3 is 1.95 bits per heavy atom. The molecule has 0 bridgehead atoms. The van der Waals surface area contributed by atoms with E-state index in [1.807, 2.05) is 0 Å². The van der Waals surface area contributed by atoms with Gasteiger partial charge in [0.05, 0.1) is 27.8 Å². The number of anilines is 1. The first kappa shape index (κ1) is 34.1. The fraction of sp³-hybridized carbons (Fsp3) is 0.0526. The zero-order chi connectivity index (χ0) is 40.2. The first-order valence-corrected chi connectivity index (χ1v) is 21.1.